The normalized spacial score (nSPS) is 36.4. The summed E-state index contributed by atoms with van der Waals surface area (Å²) in [6.07, 6.45) is 2.69. The molecule has 12 heavy (non-hydrogen) atoms. The molecule has 2 rings (SSSR count). The van der Waals surface area contributed by atoms with Gasteiger partial charge in [0.2, 0.25) is 0 Å². The quantitative estimate of drug-likeness (QED) is 0.539. The van der Waals surface area contributed by atoms with E-state index < -0.39 is 0 Å². The molecule has 1 heteroatoms. The number of nitrogens with zero attached hydrogens (tertiary/aromatic N) is 1. The molecule has 0 amide bonds. The Morgan fingerprint density at radius 3 is 2.75 bits per heavy atom. The van der Waals surface area contributed by atoms with E-state index in [2.05, 4.69) is 25.3 Å². The van der Waals surface area contributed by atoms with Gasteiger partial charge in [-0.3, -0.25) is 0 Å². The summed E-state index contributed by atoms with van der Waals surface area (Å²) in [4.78, 5) is 2.60. The maximum Gasteiger partial charge on any atom is 0.00529 e. The third-order valence-corrected chi connectivity index (χ3v) is 3.56. The Bertz CT molecular complexity index is 195. The topological polar surface area (TPSA) is 3.24 Å². The minimum absolute atomic E-state index is 0.725. The van der Waals surface area contributed by atoms with E-state index in [0.29, 0.717) is 0 Å². The SMILES string of the molecule is C=C1CCC2CN(C(C)C)CC12. The van der Waals surface area contributed by atoms with Crippen molar-refractivity contribution < 1.29 is 0 Å². The van der Waals surface area contributed by atoms with E-state index in [1.807, 2.05) is 0 Å². The average molecular weight is 165 g/mol. The van der Waals surface area contributed by atoms with Gasteiger partial charge >= 0.3 is 0 Å². The molecule has 1 aliphatic carbocycles. The van der Waals surface area contributed by atoms with E-state index in [-0.39, 0.29) is 0 Å². The van der Waals surface area contributed by atoms with Crippen LogP contribution in [0.4, 0.5) is 0 Å². The van der Waals surface area contributed by atoms with Gasteiger partial charge in [0.1, 0.15) is 0 Å². The van der Waals surface area contributed by atoms with Crippen LogP contribution in [0.1, 0.15) is 26.7 Å². The highest BCUT2D eigenvalue weighted by molar-refractivity contribution is 5.13. The zero-order valence-electron chi connectivity index (χ0n) is 8.21. The Hall–Kier alpha value is -0.300. The second-order valence-corrected chi connectivity index (χ2v) is 4.61. The van der Waals surface area contributed by atoms with Crippen molar-refractivity contribution in [3.05, 3.63) is 12.2 Å². The summed E-state index contributed by atoms with van der Waals surface area (Å²) in [6.45, 7) is 11.4. The van der Waals surface area contributed by atoms with Crippen LogP contribution in [0.2, 0.25) is 0 Å². The molecule has 0 bridgehead atoms. The lowest BCUT2D eigenvalue weighted by molar-refractivity contribution is 0.259. The molecule has 1 heterocycles. The van der Waals surface area contributed by atoms with Gasteiger partial charge in [-0.2, -0.15) is 0 Å². The van der Waals surface area contributed by atoms with Crippen molar-refractivity contribution in [2.24, 2.45) is 11.8 Å². The molecule has 0 aromatic heterocycles. The van der Waals surface area contributed by atoms with Crippen molar-refractivity contribution in [2.75, 3.05) is 13.1 Å². The molecular weight excluding hydrogens is 146 g/mol. The minimum Gasteiger partial charge on any atom is -0.300 e. The van der Waals surface area contributed by atoms with Crippen molar-refractivity contribution in [1.82, 2.24) is 4.90 Å². The molecular formula is C11H19N. The Balaban J connectivity index is 2.03. The standard InChI is InChI=1S/C11H19N/c1-8(2)12-6-10-5-4-9(3)11(10)7-12/h8,10-11H,3-7H2,1-2H3. The van der Waals surface area contributed by atoms with Gasteiger partial charge < -0.3 is 4.90 Å². The fourth-order valence-corrected chi connectivity index (χ4v) is 2.64. The summed E-state index contributed by atoms with van der Waals surface area (Å²) in [7, 11) is 0. The fraction of sp³-hybridized carbons (Fsp3) is 0.818. The van der Waals surface area contributed by atoms with Crippen molar-refractivity contribution >= 4 is 0 Å². The molecule has 2 unspecified atom stereocenters. The van der Waals surface area contributed by atoms with Crippen LogP contribution in [-0.2, 0) is 0 Å². The van der Waals surface area contributed by atoms with Gasteiger partial charge in [-0.25, -0.2) is 0 Å². The lowest BCUT2D eigenvalue weighted by Gasteiger charge is -2.21. The number of hydrogen-bond donors (Lipinski definition) is 0. The Labute approximate surface area is 75.4 Å². The van der Waals surface area contributed by atoms with Crippen LogP contribution in [0.25, 0.3) is 0 Å². The van der Waals surface area contributed by atoms with Crippen LogP contribution < -0.4 is 0 Å². The van der Waals surface area contributed by atoms with E-state index >= 15 is 0 Å². The number of fused-ring (bicyclic) bond motifs is 1. The first-order valence-electron chi connectivity index (χ1n) is 5.10. The summed E-state index contributed by atoms with van der Waals surface area (Å²) >= 11 is 0. The molecule has 1 saturated heterocycles. The van der Waals surface area contributed by atoms with Gasteiger partial charge in [0.05, 0.1) is 0 Å². The molecule has 1 aliphatic heterocycles. The van der Waals surface area contributed by atoms with E-state index in [4.69, 9.17) is 0 Å². The first-order valence-corrected chi connectivity index (χ1v) is 5.10. The average Bonchev–Trinajstić information content (AvgIpc) is 2.53. The predicted molar refractivity (Wildman–Crippen MR) is 52.1 cm³/mol. The molecule has 1 saturated carbocycles. The van der Waals surface area contributed by atoms with Crippen LogP contribution in [0.15, 0.2) is 12.2 Å². The van der Waals surface area contributed by atoms with Crippen molar-refractivity contribution in [3.8, 4) is 0 Å². The van der Waals surface area contributed by atoms with Crippen LogP contribution in [0, 0.1) is 11.8 Å². The van der Waals surface area contributed by atoms with E-state index in [9.17, 15) is 0 Å². The van der Waals surface area contributed by atoms with Crippen molar-refractivity contribution in [3.63, 3.8) is 0 Å². The van der Waals surface area contributed by atoms with Crippen LogP contribution in [0.5, 0.6) is 0 Å². The highest BCUT2D eigenvalue weighted by Gasteiger charge is 2.38. The lowest BCUT2D eigenvalue weighted by atomic mass is 9.98. The first-order chi connectivity index (χ1) is 5.68. The van der Waals surface area contributed by atoms with Gasteiger partial charge in [-0.15, -0.1) is 0 Å². The molecule has 0 spiro atoms. The highest BCUT2D eigenvalue weighted by atomic mass is 15.2. The number of hydrogen-bond acceptors (Lipinski definition) is 1. The van der Waals surface area contributed by atoms with Crippen molar-refractivity contribution in [1.29, 1.82) is 0 Å². The van der Waals surface area contributed by atoms with E-state index in [1.54, 1.807) is 0 Å². The van der Waals surface area contributed by atoms with Gasteiger partial charge in [0.15, 0.2) is 0 Å². The second-order valence-electron chi connectivity index (χ2n) is 4.61. The Kier molecular flexibility index (Phi) is 1.99. The summed E-state index contributed by atoms with van der Waals surface area (Å²) in [5.41, 5.74) is 1.52. The monoisotopic (exact) mass is 165 g/mol. The molecule has 0 radical (unpaired) electrons. The van der Waals surface area contributed by atoms with Crippen LogP contribution >= 0.6 is 0 Å². The molecule has 2 aliphatic rings. The third-order valence-electron chi connectivity index (χ3n) is 3.56. The molecule has 68 valence electrons. The lowest BCUT2D eigenvalue weighted by Crippen LogP contribution is -2.29. The maximum atomic E-state index is 4.16. The van der Waals surface area contributed by atoms with Crippen molar-refractivity contribution in [2.45, 2.75) is 32.7 Å². The number of rotatable bonds is 1. The predicted octanol–water partition coefficient (Wildman–Crippen LogP) is 2.29. The maximum absolute atomic E-state index is 4.16. The number of likely N-dealkylation sites (tertiary alicyclic amines) is 1. The van der Waals surface area contributed by atoms with Crippen LogP contribution in [-0.4, -0.2) is 24.0 Å². The fourth-order valence-electron chi connectivity index (χ4n) is 2.64. The van der Waals surface area contributed by atoms with Gasteiger partial charge in [0, 0.05) is 19.1 Å². The van der Waals surface area contributed by atoms with Gasteiger partial charge in [0.25, 0.3) is 0 Å². The second kappa shape index (κ2) is 2.88. The Morgan fingerprint density at radius 1 is 1.42 bits per heavy atom. The molecule has 0 aromatic carbocycles. The van der Waals surface area contributed by atoms with Gasteiger partial charge in [-0.05, 0) is 38.5 Å². The summed E-state index contributed by atoms with van der Waals surface area (Å²) < 4.78 is 0. The van der Waals surface area contributed by atoms with E-state index in [0.717, 1.165) is 17.9 Å². The zero-order valence-corrected chi connectivity index (χ0v) is 8.21. The Morgan fingerprint density at radius 2 is 2.17 bits per heavy atom. The molecule has 2 fully saturated rings. The molecule has 0 N–H and O–H groups in total. The first kappa shape index (κ1) is 8.31. The van der Waals surface area contributed by atoms with E-state index in [1.165, 1.54) is 31.5 Å². The molecule has 0 aromatic rings. The largest absolute Gasteiger partial charge is 0.300 e. The van der Waals surface area contributed by atoms with Crippen LogP contribution in [0.3, 0.4) is 0 Å². The molecule has 1 nitrogen and oxygen atoms in total. The molecule has 2 atom stereocenters. The smallest absolute Gasteiger partial charge is 0.00529 e. The summed E-state index contributed by atoms with van der Waals surface area (Å²) in [6, 6.07) is 0.725. The summed E-state index contributed by atoms with van der Waals surface area (Å²) in [5.74, 6) is 1.78. The minimum atomic E-state index is 0.725. The third kappa shape index (κ3) is 1.20. The summed E-state index contributed by atoms with van der Waals surface area (Å²) in [5, 5.41) is 0. The highest BCUT2D eigenvalue weighted by Crippen LogP contribution is 2.41. The zero-order chi connectivity index (χ0) is 8.72. The van der Waals surface area contributed by atoms with Gasteiger partial charge in [-0.1, -0.05) is 12.2 Å².